The Labute approximate surface area is 157 Å². The summed E-state index contributed by atoms with van der Waals surface area (Å²) >= 11 is 0. The standard InChI is InChI=1S/C20H24N4O3/c1-13(12-27-9-3-2-7-21)23-19-16-6-8-22-11-17(16)15-5-4-14(20(25)26)10-18(15)24-19/h4-6,8,10-11,13H,2-3,7,9,12,21H2,1H3,(H,23,24)(H,25,26). The van der Waals surface area contributed by atoms with Gasteiger partial charge >= 0.3 is 5.97 Å². The predicted octanol–water partition coefficient (Wildman–Crippen LogP) is 3.04. The number of carboxylic acids is 1. The molecule has 0 saturated carbocycles. The number of fused-ring (bicyclic) bond motifs is 3. The second kappa shape index (κ2) is 8.75. The molecule has 3 aromatic rings. The van der Waals surface area contributed by atoms with Gasteiger partial charge in [-0.15, -0.1) is 0 Å². The van der Waals surface area contributed by atoms with Gasteiger partial charge in [-0.05, 0) is 44.5 Å². The third-order valence-corrected chi connectivity index (χ3v) is 4.34. The van der Waals surface area contributed by atoms with Crippen molar-refractivity contribution in [1.82, 2.24) is 9.97 Å². The van der Waals surface area contributed by atoms with E-state index in [1.165, 1.54) is 0 Å². The van der Waals surface area contributed by atoms with Crippen LogP contribution in [0, 0.1) is 0 Å². The van der Waals surface area contributed by atoms with Crippen LogP contribution in [-0.2, 0) is 4.74 Å². The average Bonchev–Trinajstić information content (AvgIpc) is 2.67. The fourth-order valence-electron chi connectivity index (χ4n) is 2.97. The van der Waals surface area contributed by atoms with Crippen LogP contribution in [0.4, 0.5) is 5.82 Å². The zero-order valence-electron chi connectivity index (χ0n) is 15.3. The molecule has 7 nitrogen and oxygen atoms in total. The van der Waals surface area contributed by atoms with E-state index < -0.39 is 5.97 Å². The summed E-state index contributed by atoms with van der Waals surface area (Å²) in [4.78, 5) is 20.2. The van der Waals surface area contributed by atoms with Crippen molar-refractivity contribution in [1.29, 1.82) is 0 Å². The molecule has 0 aliphatic carbocycles. The van der Waals surface area contributed by atoms with E-state index in [2.05, 4.69) is 15.3 Å². The first-order chi connectivity index (χ1) is 13.1. The molecule has 0 fully saturated rings. The van der Waals surface area contributed by atoms with Crippen molar-refractivity contribution in [3.63, 3.8) is 0 Å². The van der Waals surface area contributed by atoms with E-state index in [1.807, 2.05) is 13.0 Å². The van der Waals surface area contributed by atoms with Crippen LogP contribution in [0.5, 0.6) is 0 Å². The highest BCUT2D eigenvalue weighted by atomic mass is 16.5. The van der Waals surface area contributed by atoms with E-state index in [0.29, 0.717) is 31.1 Å². The second-order valence-electron chi connectivity index (χ2n) is 6.53. The van der Waals surface area contributed by atoms with Gasteiger partial charge in [0.25, 0.3) is 0 Å². The number of carbonyl (C=O) groups is 1. The Kier molecular flexibility index (Phi) is 6.16. The minimum atomic E-state index is -0.973. The predicted molar refractivity (Wildman–Crippen MR) is 106 cm³/mol. The molecule has 0 saturated heterocycles. The van der Waals surface area contributed by atoms with E-state index in [9.17, 15) is 9.90 Å². The van der Waals surface area contributed by atoms with E-state index >= 15 is 0 Å². The highest BCUT2D eigenvalue weighted by Crippen LogP contribution is 2.29. The van der Waals surface area contributed by atoms with Crippen LogP contribution in [0.25, 0.3) is 21.7 Å². The van der Waals surface area contributed by atoms with Crippen molar-refractivity contribution in [3.8, 4) is 0 Å². The Morgan fingerprint density at radius 1 is 1.26 bits per heavy atom. The van der Waals surface area contributed by atoms with Crippen molar-refractivity contribution in [2.24, 2.45) is 5.73 Å². The third kappa shape index (κ3) is 4.50. The highest BCUT2D eigenvalue weighted by Gasteiger charge is 2.13. The quantitative estimate of drug-likeness (QED) is 0.393. The van der Waals surface area contributed by atoms with E-state index in [0.717, 1.165) is 29.0 Å². The molecule has 7 heteroatoms. The molecule has 1 unspecified atom stereocenters. The largest absolute Gasteiger partial charge is 0.478 e. The lowest BCUT2D eigenvalue weighted by Crippen LogP contribution is -2.23. The summed E-state index contributed by atoms with van der Waals surface area (Å²) < 4.78 is 5.68. The minimum Gasteiger partial charge on any atom is -0.478 e. The summed E-state index contributed by atoms with van der Waals surface area (Å²) in [6.07, 6.45) is 5.40. The summed E-state index contributed by atoms with van der Waals surface area (Å²) in [5, 5.41) is 15.4. The van der Waals surface area contributed by atoms with E-state index in [1.54, 1.807) is 30.6 Å². The van der Waals surface area contributed by atoms with Gasteiger partial charge < -0.3 is 20.9 Å². The Balaban J connectivity index is 1.87. The summed E-state index contributed by atoms with van der Waals surface area (Å²) in [7, 11) is 0. The number of aromatic nitrogens is 2. The molecular formula is C20H24N4O3. The molecule has 1 aromatic carbocycles. The van der Waals surface area contributed by atoms with Crippen LogP contribution in [0.1, 0.15) is 30.1 Å². The number of hydrogen-bond acceptors (Lipinski definition) is 6. The Hall–Kier alpha value is -2.77. The number of pyridine rings is 2. The van der Waals surface area contributed by atoms with Crippen LogP contribution in [-0.4, -0.2) is 46.8 Å². The molecule has 0 amide bonds. The average molecular weight is 368 g/mol. The van der Waals surface area contributed by atoms with Crippen molar-refractivity contribution >= 4 is 33.5 Å². The number of aromatic carboxylic acids is 1. The first-order valence-electron chi connectivity index (χ1n) is 9.05. The van der Waals surface area contributed by atoms with Crippen molar-refractivity contribution in [2.75, 3.05) is 25.1 Å². The van der Waals surface area contributed by atoms with Gasteiger partial charge in [-0.3, -0.25) is 4.98 Å². The molecule has 1 atom stereocenters. The lowest BCUT2D eigenvalue weighted by molar-refractivity contribution is 0.0697. The number of anilines is 1. The zero-order chi connectivity index (χ0) is 19.2. The molecule has 2 aromatic heterocycles. The molecule has 0 aliphatic rings. The van der Waals surface area contributed by atoms with E-state index in [-0.39, 0.29) is 11.6 Å². The minimum absolute atomic E-state index is 0.0480. The number of benzene rings is 1. The van der Waals surface area contributed by atoms with Gasteiger partial charge in [0.1, 0.15) is 5.82 Å². The SMILES string of the molecule is CC(COCCCCN)Nc1nc2cc(C(=O)O)ccc2c2cnccc12. The number of nitrogens with one attached hydrogen (secondary N) is 1. The van der Waals surface area contributed by atoms with Crippen LogP contribution in [0.3, 0.4) is 0 Å². The van der Waals surface area contributed by atoms with Gasteiger partial charge in [0.05, 0.1) is 17.7 Å². The fraction of sp³-hybridized carbons (Fsp3) is 0.350. The van der Waals surface area contributed by atoms with Gasteiger partial charge in [0.2, 0.25) is 0 Å². The topological polar surface area (TPSA) is 110 Å². The molecule has 3 rings (SSSR count). The molecule has 0 radical (unpaired) electrons. The van der Waals surface area contributed by atoms with Crippen LogP contribution in [0.2, 0.25) is 0 Å². The first-order valence-corrected chi connectivity index (χ1v) is 9.05. The Morgan fingerprint density at radius 3 is 2.89 bits per heavy atom. The lowest BCUT2D eigenvalue weighted by atomic mass is 10.1. The number of hydrogen-bond donors (Lipinski definition) is 3. The lowest BCUT2D eigenvalue weighted by Gasteiger charge is -2.17. The number of rotatable bonds is 9. The summed E-state index contributed by atoms with van der Waals surface area (Å²) in [6, 6.07) is 6.91. The molecule has 142 valence electrons. The zero-order valence-corrected chi connectivity index (χ0v) is 15.3. The van der Waals surface area contributed by atoms with Gasteiger partial charge in [0, 0.05) is 41.2 Å². The number of carboxylic acid groups (broad SMARTS) is 1. The van der Waals surface area contributed by atoms with Crippen molar-refractivity contribution < 1.29 is 14.6 Å². The molecule has 4 N–H and O–H groups in total. The molecule has 0 aliphatic heterocycles. The van der Waals surface area contributed by atoms with Gasteiger partial charge in [-0.25, -0.2) is 9.78 Å². The van der Waals surface area contributed by atoms with Crippen molar-refractivity contribution in [3.05, 3.63) is 42.2 Å². The van der Waals surface area contributed by atoms with Gasteiger partial charge in [-0.2, -0.15) is 0 Å². The molecule has 0 spiro atoms. The first kappa shape index (κ1) is 19.0. The fourth-order valence-corrected chi connectivity index (χ4v) is 2.97. The van der Waals surface area contributed by atoms with Gasteiger partial charge in [0.15, 0.2) is 0 Å². The van der Waals surface area contributed by atoms with Crippen LogP contribution >= 0.6 is 0 Å². The number of nitrogens with two attached hydrogens (primary N) is 1. The summed E-state index contributed by atoms with van der Waals surface area (Å²) in [5.41, 5.74) is 6.31. The Morgan fingerprint density at radius 2 is 2.11 bits per heavy atom. The van der Waals surface area contributed by atoms with Crippen LogP contribution < -0.4 is 11.1 Å². The highest BCUT2D eigenvalue weighted by molar-refractivity contribution is 6.10. The third-order valence-electron chi connectivity index (χ3n) is 4.34. The number of nitrogens with zero attached hydrogens (tertiary/aromatic N) is 2. The molecule has 0 bridgehead atoms. The smallest absolute Gasteiger partial charge is 0.335 e. The molecular weight excluding hydrogens is 344 g/mol. The second-order valence-corrected chi connectivity index (χ2v) is 6.53. The molecule has 2 heterocycles. The maximum atomic E-state index is 11.3. The number of unbranched alkanes of at least 4 members (excludes halogenated alkanes) is 1. The maximum absolute atomic E-state index is 11.3. The molecule has 27 heavy (non-hydrogen) atoms. The van der Waals surface area contributed by atoms with Gasteiger partial charge in [-0.1, -0.05) is 6.07 Å². The van der Waals surface area contributed by atoms with Crippen LogP contribution in [0.15, 0.2) is 36.7 Å². The van der Waals surface area contributed by atoms with E-state index in [4.69, 9.17) is 10.5 Å². The Bertz CT molecular complexity index is 945. The summed E-state index contributed by atoms with van der Waals surface area (Å²) in [6.45, 7) is 3.93. The maximum Gasteiger partial charge on any atom is 0.335 e. The monoisotopic (exact) mass is 368 g/mol. The van der Waals surface area contributed by atoms with Crippen molar-refractivity contribution in [2.45, 2.75) is 25.8 Å². The summed E-state index contributed by atoms with van der Waals surface area (Å²) in [5.74, 6) is -0.278. The number of ether oxygens (including phenoxy) is 1. The normalized spacial score (nSPS) is 12.4.